The van der Waals surface area contributed by atoms with Crippen molar-refractivity contribution in [2.45, 2.75) is 81.6 Å². The van der Waals surface area contributed by atoms with Gasteiger partial charge in [-0.05, 0) is 44.2 Å². The first-order chi connectivity index (χ1) is 17.3. The summed E-state index contributed by atoms with van der Waals surface area (Å²) >= 11 is 0. The lowest BCUT2D eigenvalue weighted by Crippen LogP contribution is -2.45. The van der Waals surface area contributed by atoms with Crippen molar-refractivity contribution in [1.29, 1.82) is 0 Å². The third kappa shape index (κ3) is 4.38. The number of ether oxygens (including phenoxy) is 1. The van der Waals surface area contributed by atoms with E-state index in [0.29, 0.717) is 22.6 Å². The Bertz CT molecular complexity index is 1120. The number of pyridine rings is 1. The fourth-order valence-corrected chi connectivity index (χ4v) is 6.08. The van der Waals surface area contributed by atoms with Gasteiger partial charge in [-0.1, -0.05) is 62.4 Å². The third-order valence-corrected chi connectivity index (χ3v) is 8.55. The molecule has 2 fully saturated rings. The van der Waals surface area contributed by atoms with E-state index in [1.54, 1.807) is 13.0 Å². The van der Waals surface area contributed by atoms with Gasteiger partial charge in [-0.25, -0.2) is 0 Å². The van der Waals surface area contributed by atoms with Crippen LogP contribution in [0.5, 0.6) is 5.75 Å². The van der Waals surface area contributed by atoms with Crippen molar-refractivity contribution in [3.05, 3.63) is 58.9 Å². The molecule has 2 aliphatic carbocycles. The molecule has 4 N–H and O–H groups in total. The Labute approximate surface area is 212 Å². The molecule has 7 heteroatoms. The molecule has 36 heavy (non-hydrogen) atoms. The van der Waals surface area contributed by atoms with Gasteiger partial charge in [0.25, 0.3) is 0 Å². The summed E-state index contributed by atoms with van der Waals surface area (Å²) < 4.78 is 6.06. The lowest BCUT2D eigenvalue weighted by Gasteiger charge is -2.32. The summed E-state index contributed by atoms with van der Waals surface area (Å²) in [4.78, 5) is 30.6. The van der Waals surface area contributed by atoms with Crippen LogP contribution in [-0.4, -0.2) is 35.1 Å². The smallest absolute Gasteiger partial charge is 0.231 e. The fraction of sp³-hybridized carbons (Fsp3) is 0.552. The SMILES string of the molecule is C[C@]1(C(N)=O)COc2c1cc([C@@](O)(CNC(=O)C1CCCCC1)c1ccccc1)nc2C1CCCC1. The number of fused-ring (bicyclic) bond motifs is 1. The number of rotatable bonds is 7. The zero-order valence-electron chi connectivity index (χ0n) is 21.1. The van der Waals surface area contributed by atoms with Gasteiger partial charge in [0.1, 0.15) is 23.4 Å². The maximum absolute atomic E-state index is 13.0. The van der Waals surface area contributed by atoms with Gasteiger partial charge in [-0.2, -0.15) is 0 Å². The lowest BCUT2D eigenvalue weighted by atomic mass is 9.80. The second-order valence-corrected chi connectivity index (χ2v) is 11.0. The monoisotopic (exact) mass is 491 g/mol. The predicted octanol–water partition coefficient (Wildman–Crippen LogP) is 3.81. The molecule has 2 aromatic rings. The van der Waals surface area contributed by atoms with Gasteiger partial charge in [0.2, 0.25) is 11.8 Å². The average molecular weight is 492 g/mol. The number of nitrogens with zero attached hydrogens (tertiary/aromatic N) is 1. The summed E-state index contributed by atoms with van der Waals surface area (Å²) in [5.41, 5.74) is 5.77. The van der Waals surface area contributed by atoms with E-state index >= 15 is 0 Å². The molecule has 0 spiro atoms. The number of amides is 2. The Hall–Kier alpha value is -2.93. The van der Waals surface area contributed by atoms with E-state index in [1.165, 1.54) is 6.42 Å². The average Bonchev–Trinajstić information content (AvgIpc) is 3.57. The number of nitrogens with two attached hydrogens (primary N) is 1. The molecular formula is C29H37N3O4. The standard InChI is InChI=1S/C29H37N3O4/c1-28(27(30)34)18-36-25-22(28)16-23(32-24(25)19-10-8-9-11-19)29(35,21-14-6-3-7-15-21)17-31-26(33)20-12-4-2-5-13-20/h3,6-7,14-16,19-20,35H,2,4-5,8-13,17-18H2,1H3,(H2,30,34)(H,31,33)/t28-,29+/m0/s1. The van der Waals surface area contributed by atoms with Gasteiger partial charge >= 0.3 is 0 Å². The highest BCUT2D eigenvalue weighted by atomic mass is 16.5. The molecule has 0 saturated heterocycles. The van der Waals surface area contributed by atoms with Crippen LogP contribution in [0.1, 0.15) is 93.1 Å². The third-order valence-electron chi connectivity index (χ3n) is 8.55. The van der Waals surface area contributed by atoms with E-state index in [-0.39, 0.29) is 30.9 Å². The van der Waals surface area contributed by atoms with E-state index in [4.69, 9.17) is 15.5 Å². The maximum atomic E-state index is 13.0. The molecule has 2 saturated carbocycles. The molecule has 5 rings (SSSR count). The Morgan fingerprint density at radius 3 is 2.44 bits per heavy atom. The van der Waals surface area contributed by atoms with Gasteiger partial charge in [-0.15, -0.1) is 0 Å². The summed E-state index contributed by atoms with van der Waals surface area (Å²) in [6, 6.07) is 11.1. The second kappa shape index (κ2) is 9.85. The molecule has 2 heterocycles. The summed E-state index contributed by atoms with van der Waals surface area (Å²) in [5, 5.41) is 15.3. The number of primary amides is 1. The van der Waals surface area contributed by atoms with E-state index in [2.05, 4.69) is 5.32 Å². The lowest BCUT2D eigenvalue weighted by molar-refractivity contribution is -0.127. The maximum Gasteiger partial charge on any atom is 0.231 e. The molecule has 7 nitrogen and oxygen atoms in total. The van der Waals surface area contributed by atoms with Crippen molar-refractivity contribution < 1.29 is 19.4 Å². The van der Waals surface area contributed by atoms with Crippen LogP contribution in [0, 0.1) is 5.92 Å². The predicted molar refractivity (Wildman–Crippen MR) is 137 cm³/mol. The van der Waals surface area contributed by atoms with Crippen LogP contribution in [-0.2, 0) is 20.6 Å². The molecule has 1 aliphatic heterocycles. The summed E-state index contributed by atoms with van der Waals surface area (Å²) in [5.74, 6) is 0.322. The highest BCUT2D eigenvalue weighted by Gasteiger charge is 2.46. The molecule has 3 aliphatic rings. The number of hydrogen-bond donors (Lipinski definition) is 3. The minimum absolute atomic E-state index is 0.00359. The number of carbonyl (C=O) groups excluding carboxylic acids is 2. The van der Waals surface area contributed by atoms with E-state index in [1.807, 2.05) is 30.3 Å². The molecule has 0 radical (unpaired) electrons. The summed E-state index contributed by atoms with van der Waals surface area (Å²) in [6.07, 6.45) is 9.25. The number of carbonyl (C=O) groups is 2. The van der Waals surface area contributed by atoms with Crippen LogP contribution in [0.3, 0.4) is 0 Å². The first-order valence-electron chi connectivity index (χ1n) is 13.4. The minimum Gasteiger partial charge on any atom is -0.490 e. The largest absolute Gasteiger partial charge is 0.490 e. The number of aliphatic hydroxyl groups is 1. The Balaban J connectivity index is 1.58. The van der Waals surface area contributed by atoms with Gasteiger partial charge in [0.15, 0.2) is 0 Å². The molecule has 2 atom stereocenters. The number of nitrogens with one attached hydrogen (secondary N) is 1. The molecule has 0 bridgehead atoms. The Kier molecular flexibility index (Phi) is 6.77. The Morgan fingerprint density at radius 2 is 1.78 bits per heavy atom. The van der Waals surface area contributed by atoms with E-state index < -0.39 is 16.9 Å². The molecule has 192 valence electrons. The number of aromatic nitrogens is 1. The molecule has 1 aromatic heterocycles. The number of hydrogen-bond acceptors (Lipinski definition) is 5. The first kappa shape index (κ1) is 24.8. The minimum atomic E-state index is -1.57. The van der Waals surface area contributed by atoms with E-state index in [9.17, 15) is 14.7 Å². The normalized spacial score (nSPS) is 24.1. The van der Waals surface area contributed by atoms with Gasteiger partial charge in [-0.3, -0.25) is 14.6 Å². The highest BCUT2D eigenvalue weighted by molar-refractivity contribution is 5.88. The van der Waals surface area contributed by atoms with Crippen LogP contribution in [0.25, 0.3) is 0 Å². The Morgan fingerprint density at radius 1 is 1.11 bits per heavy atom. The fourth-order valence-electron chi connectivity index (χ4n) is 6.08. The second-order valence-electron chi connectivity index (χ2n) is 11.0. The molecule has 1 aromatic carbocycles. The van der Waals surface area contributed by atoms with Gasteiger partial charge in [0, 0.05) is 17.4 Å². The van der Waals surface area contributed by atoms with Crippen LogP contribution >= 0.6 is 0 Å². The van der Waals surface area contributed by atoms with Crippen molar-refractivity contribution in [3.8, 4) is 5.75 Å². The molecular weight excluding hydrogens is 454 g/mol. The van der Waals surface area contributed by atoms with Crippen molar-refractivity contribution in [2.75, 3.05) is 13.2 Å². The zero-order chi connectivity index (χ0) is 25.3. The molecule has 2 amide bonds. The number of benzene rings is 1. The van der Waals surface area contributed by atoms with Gasteiger partial charge in [0.05, 0.1) is 17.9 Å². The van der Waals surface area contributed by atoms with Crippen molar-refractivity contribution in [1.82, 2.24) is 10.3 Å². The van der Waals surface area contributed by atoms with Crippen molar-refractivity contribution >= 4 is 11.8 Å². The summed E-state index contributed by atoms with van der Waals surface area (Å²) in [7, 11) is 0. The first-order valence-corrected chi connectivity index (χ1v) is 13.4. The van der Waals surface area contributed by atoms with E-state index in [0.717, 1.165) is 57.1 Å². The van der Waals surface area contributed by atoms with Crippen LogP contribution in [0.2, 0.25) is 0 Å². The van der Waals surface area contributed by atoms with Crippen molar-refractivity contribution in [3.63, 3.8) is 0 Å². The molecule has 0 unspecified atom stereocenters. The van der Waals surface area contributed by atoms with Crippen LogP contribution in [0.4, 0.5) is 0 Å². The quantitative estimate of drug-likeness (QED) is 0.545. The highest BCUT2D eigenvalue weighted by Crippen LogP contribution is 2.48. The summed E-state index contributed by atoms with van der Waals surface area (Å²) in [6.45, 7) is 1.94. The van der Waals surface area contributed by atoms with Crippen LogP contribution in [0.15, 0.2) is 36.4 Å². The van der Waals surface area contributed by atoms with Crippen molar-refractivity contribution in [2.24, 2.45) is 11.7 Å². The topological polar surface area (TPSA) is 115 Å². The van der Waals surface area contributed by atoms with Crippen LogP contribution < -0.4 is 15.8 Å². The zero-order valence-corrected chi connectivity index (χ0v) is 21.1. The van der Waals surface area contributed by atoms with Gasteiger partial charge < -0.3 is 20.9 Å².